The highest BCUT2D eigenvalue weighted by molar-refractivity contribution is 5.93. The van der Waals surface area contributed by atoms with Crippen molar-refractivity contribution in [3.8, 4) is 5.75 Å². The molecular weight excluding hydrogens is 364 g/mol. The lowest BCUT2D eigenvalue weighted by Gasteiger charge is -2.14. The maximum atomic E-state index is 13.4. The van der Waals surface area contributed by atoms with Crippen molar-refractivity contribution in [3.05, 3.63) is 60.0 Å². The Hall–Kier alpha value is -3.23. The van der Waals surface area contributed by atoms with E-state index in [4.69, 9.17) is 5.73 Å². The monoisotopic (exact) mass is 380 g/mol. The van der Waals surface area contributed by atoms with Gasteiger partial charge in [-0.2, -0.15) is 0 Å². The number of fused-ring (bicyclic) bond motifs is 1. The normalized spacial score (nSPS) is 12.4. The highest BCUT2D eigenvalue weighted by atomic mass is 19.4. The van der Waals surface area contributed by atoms with Crippen molar-refractivity contribution in [3.63, 3.8) is 0 Å². The van der Waals surface area contributed by atoms with Crippen molar-refractivity contribution in [1.82, 2.24) is 4.98 Å². The van der Waals surface area contributed by atoms with Crippen LogP contribution < -0.4 is 15.8 Å². The summed E-state index contributed by atoms with van der Waals surface area (Å²) >= 11 is 0. The van der Waals surface area contributed by atoms with E-state index in [0.29, 0.717) is 6.42 Å². The van der Waals surface area contributed by atoms with E-state index in [-0.39, 0.29) is 24.0 Å². The van der Waals surface area contributed by atoms with Crippen LogP contribution in [0.2, 0.25) is 0 Å². The summed E-state index contributed by atoms with van der Waals surface area (Å²) in [5.74, 6) is -0.802. The van der Waals surface area contributed by atoms with Crippen molar-refractivity contribution in [1.29, 1.82) is 0 Å². The van der Waals surface area contributed by atoms with E-state index >= 15 is 0 Å². The average molecular weight is 380 g/mol. The van der Waals surface area contributed by atoms with Crippen LogP contribution in [0.4, 0.5) is 23.2 Å². The summed E-state index contributed by atoms with van der Waals surface area (Å²) in [7, 11) is 0. The zero-order valence-electron chi connectivity index (χ0n) is 14.0. The Balaban J connectivity index is 1.66. The average Bonchev–Trinajstić information content (AvgIpc) is 2.98. The number of aromatic nitrogens is 1. The van der Waals surface area contributed by atoms with Crippen LogP contribution in [-0.2, 0) is 6.42 Å². The molecule has 2 aromatic carbocycles. The number of para-hydroxylation sites is 2. The van der Waals surface area contributed by atoms with Gasteiger partial charge in [-0.3, -0.25) is 4.99 Å². The number of anilines is 1. The number of nitrogens with zero attached hydrogens (tertiary/aromatic N) is 1. The molecule has 0 aliphatic carbocycles. The molecule has 4 N–H and O–H groups in total. The van der Waals surface area contributed by atoms with Crippen molar-refractivity contribution in [2.75, 3.05) is 11.9 Å². The molecule has 3 aromatic rings. The van der Waals surface area contributed by atoms with Crippen LogP contribution in [0.5, 0.6) is 5.75 Å². The Morgan fingerprint density at radius 2 is 1.96 bits per heavy atom. The standard InChI is InChI=1S/C18H16F4N4O/c19-12-5-6-14-13(9-12)11(10-25-14)7-8-24-17(23)26-15-3-1-2-4-16(15)27-18(20,21)22/h1-6,9-10,25H,7-8H2,(H3,23,24,26). The highest BCUT2D eigenvalue weighted by Gasteiger charge is 2.32. The Morgan fingerprint density at radius 1 is 1.19 bits per heavy atom. The molecule has 0 aliphatic heterocycles. The van der Waals surface area contributed by atoms with Crippen LogP contribution in [0.25, 0.3) is 10.9 Å². The van der Waals surface area contributed by atoms with Gasteiger partial charge in [0.15, 0.2) is 11.7 Å². The van der Waals surface area contributed by atoms with Gasteiger partial charge in [0.2, 0.25) is 0 Å². The summed E-state index contributed by atoms with van der Waals surface area (Å²) in [5, 5.41) is 3.35. The van der Waals surface area contributed by atoms with Crippen LogP contribution >= 0.6 is 0 Å². The molecule has 5 nitrogen and oxygen atoms in total. The number of benzene rings is 2. The Bertz CT molecular complexity index is 965. The molecule has 0 saturated carbocycles. The summed E-state index contributed by atoms with van der Waals surface area (Å²) in [5.41, 5.74) is 7.46. The number of ether oxygens (including phenoxy) is 1. The van der Waals surface area contributed by atoms with E-state index in [9.17, 15) is 17.6 Å². The third-order valence-electron chi connectivity index (χ3n) is 3.77. The first-order chi connectivity index (χ1) is 12.8. The lowest BCUT2D eigenvalue weighted by molar-refractivity contribution is -0.274. The Kier molecular flexibility index (Phi) is 5.20. The molecular formula is C18H16F4N4O. The molecule has 3 rings (SSSR count). The Morgan fingerprint density at radius 3 is 2.74 bits per heavy atom. The number of nitrogens with one attached hydrogen (secondary N) is 2. The first-order valence-electron chi connectivity index (χ1n) is 7.99. The van der Waals surface area contributed by atoms with E-state index in [1.54, 1.807) is 18.3 Å². The first-order valence-corrected chi connectivity index (χ1v) is 7.99. The topological polar surface area (TPSA) is 75.4 Å². The minimum absolute atomic E-state index is 0.0465. The fourth-order valence-electron chi connectivity index (χ4n) is 2.62. The number of alkyl halides is 3. The van der Waals surface area contributed by atoms with Crippen molar-refractivity contribution < 1.29 is 22.3 Å². The summed E-state index contributed by atoms with van der Waals surface area (Å²) in [6.45, 7) is 0.268. The van der Waals surface area contributed by atoms with Gasteiger partial charge in [-0.1, -0.05) is 12.1 Å². The summed E-state index contributed by atoms with van der Waals surface area (Å²) in [6, 6.07) is 9.95. The second kappa shape index (κ2) is 7.56. The second-order valence-electron chi connectivity index (χ2n) is 5.69. The number of guanidine groups is 1. The van der Waals surface area contributed by atoms with Crippen LogP contribution in [0.1, 0.15) is 5.56 Å². The van der Waals surface area contributed by atoms with Crippen LogP contribution in [0.15, 0.2) is 53.7 Å². The van der Waals surface area contributed by atoms with E-state index in [1.807, 2.05) is 0 Å². The third kappa shape index (κ3) is 4.90. The lowest BCUT2D eigenvalue weighted by atomic mass is 10.1. The first kappa shape index (κ1) is 18.6. The van der Waals surface area contributed by atoms with Crippen molar-refractivity contribution in [2.45, 2.75) is 12.8 Å². The second-order valence-corrected chi connectivity index (χ2v) is 5.69. The molecule has 0 radical (unpaired) electrons. The number of aliphatic imine (C=N–C) groups is 1. The lowest BCUT2D eigenvalue weighted by Crippen LogP contribution is -2.24. The maximum Gasteiger partial charge on any atom is 0.573 e. The molecule has 0 unspecified atom stereocenters. The van der Waals surface area contributed by atoms with Gasteiger partial charge in [0.05, 0.1) is 5.69 Å². The van der Waals surface area contributed by atoms with Crippen molar-refractivity contribution >= 4 is 22.5 Å². The molecule has 0 bridgehead atoms. The third-order valence-corrected chi connectivity index (χ3v) is 3.77. The molecule has 9 heteroatoms. The van der Waals surface area contributed by atoms with E-state index < -0.39 is 12.1 Å². The highest BCUT2D eigenvalue weighted by Crippen LogP contribution is 2.29. The molecule has 0 spiro atoms. The van der Waals surface area contributed by atoms with Gasteiger partial charge in [0, 0.05) is 23.6 Å². The molecule has 0 amide bonds. The van der Waals surface area contributed by atoms with Gasteiger partial charge in [-0.05, 0) is 42.3 Å². The number of aromatic amines is 1. The molecule has 142 valence electrons. The van der Waals surface area contributed by atoms with Crippen LogP contribution in [-0.4, -0.2) is 23.9 Å². The van der Waals surface area contributed by atoms with Crippen LogP contribution in [0, 0.1) is 5.82 Å². The number of H-pyrrole nitrogens is 1. The molecule has 0 saturated heterocycles. The summed E-state index contributed by atoms with van der Waals surface area (Å²) in [4.78, 5) is 7.14. The zero-order chi connectivity index (χ0) is 19.4. The van der Waals surface area contributed by atoms with E-state index in [0.717, 1.165) is 16.5 Å². The van der Waals surface area contributed by atoms with Crippen LogP contribution in [0.3, 0.4) is 0 Å². The Labute approximate surface area is 151 Å². The molecule has 1 aromatic heterocycles. The smallest absolute Gasteiger partial charge is 0.404 e. The van der Waals surface area contributed by atoms with Crippen molar-refractivity contribution in [2.24, 2.45) is 10.7 Å². The summed E-state index contributed by atoms with van der Waals surface area (Å²) < 4.78 is 54.6. The fourth-order valence-corrected chi connectivity index (χ4v) is 2.62. The van der Waals surface area contributed by atoms with Gasteiger partial charge in [0.1, 0.15) is 5.82 Å². The zero-order valence-corrected chi connectivity index (χ0v) is 14.0. The number of nitrogens with two attached hydrogens (primary N) is 1. The minimum atomic E-state index is -4.81. The van der Waals surface area contributed by atoms with Gasteiger partial charge >= 0.3 is 6.36 Å². The number of rotatable bonds is 5. The van der Waals surface area contributed by atoms with Gasteiger partial charge < -0.3 is 20.8 Å². The molecule has 0 atom stereocenters. The number of hydrogen-bond donors (Lipinski definition) is 3. The molecule has 27 heavy (non-hydrogen) atoms. The van der Waals surface area contributed by atoms with Gasteiger partial charge in [-0.25, -0.2) is 4.39 Å². The fraction of sp³-hybridized carbons (Fsp3) is 0.167. The number of halogens is 4. The van der Waals surface area contributed by atoms with Gasteiger partial charge in [-0.15, -0.1) is 13.2 Å². The van der Waals surface area contributed by atoms with E-state index in [2.05, 4.69) is 20.0 Å². The SMILES string of the molecule is NC(=NCCc1c[nH]c2ccc(F)cc12)Nc1ccccc1OC(F)(F)F. The van der Waals surface area contributed by atoms with Gasteiger partial charge in [0.25, 0.3) is 0 Å². The van der Waals surface area contributed by atoms with E-state index in [1.165, 1.54) is 30.3 Å². The molecule has 0 fully saturated rings. The maximum absolute atomic E-state index is 13.4. The molecule has 0 aliphatic rings. The predicted octanol–water partition coefficient (Wildman–Crippen LogP) is 4.17. The number of hydrogen-bond acceptors (Lipinski definition) is 2. The summed E-state index contributed by atoms with van der Waals surface area (Å²) in [6.07, 6.45) is -2.57. The largest absolute Gasteiger partial charge is 0.573 e. The minimum Gasteiger partial charge on any atom is -0.404 e. The predicted molar refractivity (Wildman–Crippen MR) is 95.2 cm³/mol. The molecule has 1 heterocycles. The quantitative estimate of drug-likeness (QED) is 0.353.